The van der Waals surface area contributed by atoms with Gasteiger partial charge in [0, 0.05) is 18.7 Å². The summed E-state index contributed by atoms with van der Waals surface area (Å²) in [4.78, 5) is 0. The second kappa shape index (κ2) is 2.00. The highest BCUT2D eigenvalue weighted by Gasteiger charge is 2.43. The smallest absolute Gasteiger partial charge is 0.310 e. The van der Waals surface area contributed by atoms with Gasteiger partial charge in [0.05, 0.1) is 0 Å². The van der Waals surface area contributed by atoms with Crippen LogP contribution in [-0.4, -0.2) is 18.8 Å². The molecule has 1 saturated carbocycles. The van der Waals surface area contributed by atoms with E-state index in [0.717, 1.165) is 13.0 Å². The normalized spacial score (nSPS) is 39.4. The van der Waals surface area contributed by atoms with E-state index in [9.17, 15) is 13.2 Å². The Morgan fingerprint density at radius 1 is 1.45 bits per heavy atom. The topological polar surface area (TPSA) is 12.0 Å². The Bertz CT molecular complexity index is 190. The standard InChI is InChI=1S/C7H8F3N/c8-7(9,10)2-5-4-1-6(5)11-3-4/h2,4,6,11H,1,3H2/b5-2-. The van der Waals surface area contributed by atoms with Crippen molar-refractivity contribution in [2.75, 3.05) is 6.54 Å². The highest BCUT2D eigenvalue weighted by molar-refractivity contribution is 5.30. The first-order valence-corrected chi connectivity index (χ1v) is 3.59. The van der Waals surface area contributed by atoms with Crippen molar-refractivity contribution in [2.24, 2.45) is 5.92 Å². The van der Waals surface area contributed by atoms with E-state index in [4.69, 9.17) is 0 Å². The molecule has 0 spiro atoms. The van der Waals surface area contributed by atoms with Crippen LogP contribution in [0.2, 0.25) is 0 Å². The summed E-state index contributed by atoms with van der Waals surface area (Å²) in [6.45, 7) is 0.729. The number of fused-ring (bicyclic) bond motifs is 1. The zero-order valence-electron chi connectivity index (χ0n) is 5.78. The summed E-state index contributed by atoms with van der Waals surface area (Å²) in [6.07, 6.45) is -2.79. The molecule has 4 heteroatoms. The van der Waals surface area contributed by atoms with Crippen LogP contribution in [-0.2, 0) is 0 Å². The summed E-state index contributed by atoms with van der Waals surface area (Å²) in [5, 5.41) is 3.00. The fourth-order valence-electron chi connectivity index (χ4n) is 1.78. The Balaban J connectivity index is 2.13. The van der Waals surface area contributed by atoms with E-state index in [1.807, 2.05) is 0 Å². The maximum Gasteiger partial charge on any atom is 0.409 e. The van der Waals surface area contributed by atoms with E-state index in [1.165, 1.54) is 0 Å². The number of halogens is 3. The quantitative estimate of drug-likeness (QED) is 0.533. The van der Waals surface area contributed by atoms with Gasteiger partial charge in [-0.3, -0.25) is 0 Å². The molecule has 0 aromatic carbocycles. The van der Waals surface area contributed by atoms with Crippen LogP contribution < -0.4 is 5.32 Å². The van der Waals surface area contributed by atoms with Crippen molar-refractivity contribution in [3.63, 3.8) is 0 Å². The Labute approximate surface area is 62.3 Å². The molecule has 2 saturated heterocycles. The third-order valence-electron chi connectivity index (χ3n) is 2.33. The molecule has 0 aromatic rings. The predicted octanol–water partition coefficient (Wildman–Crippen LogP) is 1.47. The highest BCUT2D eigenvalue weighted by atomic mass is 19.4. The lowest BCUT2D eigenvalue weighted by Gasteiger charge is -2.26. The van der Waals surface area contributed by atoms with Gasteiger partial charge in [-0.15, -0.1) is 0 Å². The third kappa shape index (κ3) is 1.15. The van der Waals surface area contributed by atoms with Crippen LogP contribution in [0.25, 0.3) is 0 Å². The van der Waals surface area contributed by atoms with Gasteiger partial charge in [-0.2, -0.15) is 13.2 Å². The van der Waals surface area contributed by atoms with Gasteiger partial charge in [-0.25, -0.2) is 0 Å². The number of hydrogen-bond acceptors (Lipinski definition) is 1. The van der Waals surface area contributed by atoms with Crippen molar-refractivity contribution < 1.29 is 13.2 Å². The lowest BCUT2D eigenvalue weighted by molar-refractivity contribution is -0.0814. The first-order chi connectivity index (χ1) is 5.06. The molecule has 3 rings (SSSR count). The van der Waals surface area contributed by atoms with Crippen molar-refractivity contribution in [1.82, 2.24) is 5.32 Å². The fourth-order valence-corrected chi connectivity index (χ4v) is 1.78. The number of alkyl halides is 3. The van der Waals surface area contributed by atoms with Gasteiger partial charge in [0.25, 0.3) is 0 Å². The molecule has 62 valence electrons. The van der Waals surface area contributed by atoms with E-state index in [2.05, 4.69) is 5.32 Å². The molecule has 1 nitrogen and oxygen atoms in total. The van der Waals surface area contributed by atoms with Crippen molar-refractivity contribution in [3.8, 4) is 0 Å². The van der Waals surface area contributed by atoms with Gasteiger partial charge >= 0.3 is 6.18 Å². The van der Waals surface area contributed by atoms with Crippen molar-refractivity contribution in [3.05, 3.63) is 11.6 Å². The average molecular weight is 163 g/mol. The maximum absolute atomic E-state index is 11.8. The first kappa shape index (κ1) is 7.16. The minimum atomic E-state index is -4.13. The van der Waals surface area contributed by atoms with Gasteiger partial charge < -0.3 is 5.32 Å². The Kier molecular flexibility index (Phi) is 1.30. The minimum absolute atomic E-state index is 0.0293. The zero-order valence-corrected chi connectivity index (χ0v) is 5.78. The third-order valence-corrected chi connectivity index (χ3v) is 2.33. The average Bonchev–Trinajstić information content (AvgIpc) is 2.37. The lowest BCUT2D eigenvalue weighted by Crippen LogP contribution is -2.29. The molecule has 3 fully saturated rings. The van der Waals surface area contributed by atoms with E-state index >= 15 is 0 Å². The fraction of sp³-hybridized carbons (Fsp3) is 0.714. The summed E-state index contributed by atoms with van der Waals surface area (Å²) in [7, 11) is 0. The van der Waals surface area contributed by atoms with Crippen LogP contribution in [0.1, 0.15) is 6.42 Å². The van der Waals surface area contributed by atoms with Crippen molar-refractivity contribution in [1.29, 1.82) is 0 Å². The molecule has 2 atom stereocenters. The molecule has 2 aliphatic heterocycles. The molecule has 1 N–H and O–H groups in total. The molecule has 2 bridgehead atoms. The summed E-state index contributed by atoms with van der Waals surface area (Å²) in [5.74, 6) is 0.168. The molecule has 2 unspecified atom stereocenters. The molecular weight excluding hydrogens is 155 g/mol. The molecule has 0 amide bonds. The van der Waals surface area contributed by atoms with Crippen LogP contribution in [0.15, 0.2) is 11.6 Å². The first-order valence-electron chi connectivity index (χ1n) is 3.59. The van der Waals surface area contributed by atoms with Gasteiger partial charge in [0.2, 0.25) is 0 Å². The number of allylic oxidation sites excluding steroid dienone is 1. The summed E-state index contributed by atoms with van der Waals surface area (Å²) in [6, 6.07) is 0.0293. The van der Waals surface area contributed by atoms with Crippen LogP contribution in [0, 0.1) is 5.92 Å². The van der Waals surface area contributed by atoms with Crippen LogP contribution in [0.5, 0.6) is 0 Å². The van der Waals surface area contributed by atoms with Crippen molar-refractivity contribution >= 4 is 0 Å². The summed E-state index contributed by atoms with van der Waals surface area (Å²) in [5.41, 5.74) is 0.553. The van der Waals surface area contributed by atoms with E-state index in [1.54, 1.807) is 0 Å². The second-order valence-electron chi connectivity index (χ2n) is 3.08. The monoisotopic (exact) mass is 163 g/mol. The number of nitrogens with one attached hydrogen (secondary N) is 1. The summed E-state index contributed by atoms with van der Waals surface area (Å²) < 4.78 is 35.4. The van der Waals surface area contributed by atoms with Crippen LogP contribution in [0.3, 0.4) is 0 Å². The highest BCUT2D eigenvalue weighted by Crippen LogP contribution is 2.41. The van der Waals surface area contributed by atoms with Crippen LogP contribution >= 0.6 is 0 Å². The zero-order chi connectivity index (χ0) is 8.06. The van der Waals surface area contributed by atoms with Gasteiger partial charge in [0.1, 0.15) is 0 Å². The molecule has 3 aliphatic rings. The lowest BCUT2D eigenvalue weighted by atomic mass is 9.80. The molecule has 2 heterocycles. The Morgan fingerprint density at radius 3 is 2.55 bits per heavy atom. The van der Waals surface area contributed by atoms with Gasteiger partial charge in [0.15, 0.2) is 0 Å². The molecular formula is C7H8F3N. The van der Waals surface area contributed by atoms with Crippen molar-refractivity contribution in [2.45, 2.75) is 18.6 Å². The van der Waals surface area contributed by atoms with E-state index < -0.39 is 6.18 Å². The maximum atomic E-state index is 11.8. The SMILES string of the molecule is FC(F)(F)/C=C1/C2CNC1C2. The summed E-state index contributed by atoms with van der Waals surface area (Å²) >= 11 is 0. The number of hydrogen-bond donors (Lipinski definition) is 1. The van der Waals surface area contributed by atoms with E-state index in [0.29, 0.717) is 11.6 Å². The number of rotatable bonds is 0. The Hall–Kier alpha value is -0.510. The molecule has 0 aromatic heterocycles. The predicted molar refractivity (Wildman–Crippen MR) is 34.0 cm³/mol. The Morgan fingerprint density at radius 2 is 2.18 bits per heavy atom. The van der Waals surface area contributed by atoms with Crippen LogP contribution in [0.4, 0.5) is 13.2 Å². The molecule has 1 aliphatic carbocycles. The minimum Gasteiger partial charge on any atom is -0.310 e. The second-order valence-corrected chi connectivity index (χ2v) is 3.08. The van der Waals surface area contributed by atoms with Gasteiger partial charge in [-0.1, -0.05) is 0 Å². The molecule has 11 heavy (non-hydrogen) atoms. The van der Waals surface area contributed by atoms with Gasteiger partial charge in [-0.05, 0) is 17.9 Å². The van der Waals surface area contributed by atoms with E-state index in [-0.39, 0.29) is 12.0 Å². The molecule has 0 radical (unpaired) electrons. The largest absolute Gasteiger partial charge is 0.409 e.